The van der Waals surface area contributed by atoms with Gasteiger partial charge in [-0.05, 0) is 55.7 Å². The third-order valence-electron chi connectivity index (χ3n) is 9.64. The number of hydrogen-bond acceptors (Lipinski definition) is 12. The maximum Gasteiger partial charge on any atom is 0.407 e. The molecule has 18 nitrogen and oxygen atoms in total. The lowest BCUT2D eigenvalue weighted by atomic mass is 10.0. The Morgan fingerprint density at radius 3 is 1.86 bits per heavy atom. The number of nitrogens with two attached hydrogens (primary N) is 2. The van der Waals surface area contributed by atoms with E-state index in [-0.39, 0.29) is 35.3 Å². The monoisotopic (exact) mass is 806 g/mol. The fourth-order valence-corrected chi connectivity index (χ4v) is 6.15. The van der Waals surface area contributed by atoms with E-state index in [2.05, 4.69) is 40.0 Å². The van der Waals surface area contributed by atoms with E-state index in [0.717, 1.165) is 48.6 Å². The van der Waals surface area contributed by atoms with E-state index in [4.69, 9.17) is 20.9 Å². The fraction of sp³-hybridized carbons (Fsp3) is 0.500. The number of methoxy groups -OCH3 is 2. The Balaban J connectivity index is 1.25. The first-order valence-corrected chi connectivity index (χ1v) is 19.4. The lowest BCUT2D eigenvalue weighted by Gasteiger charge is -2.26. The number of nitrogens with one attached hydrogen (secondary N) is 4. The minimum atomic E-state index is -0.670. The molecule has 0 spiro atoms. The summed E-state index contributed by atoms with van der Waals surface area (Å²) in [5.41, 5.74) is 15.2. The van der Waals surface area contributed by atoms with E-state index < -0.39 is 24.3 Å². The summed E-state index contributed by atoms with van der Waals surface area (Å²) in [6.45, 7) is 8.52. The van der Waals surface area contributed by atoms with Crippen molar-refractivity contribution in [2.75, 3.05) is 41.4 Å². The molecule has 2 aromatic heterocycles. The molecule has 0 bridgehead atoms. The van der Waals surface area contributed by atoms with Gasteiger partial charge >= 0.3 is 12.2 Å². The summed E-state index contributed by atoms with van der Waals surface area (Å²) in [4.78, 5) is 68.0. The molecule has 18 heteroatoms. The molecular formula is C40H58N10O8. The molecule has 1 aromatic carbocycles. The quantitative estimate of drug-likeness (QED) is 0.0941. The lowest BCUT2D eigenvalue weighted by Crippen LogP contribution is -2.50. The number of alkyl carbamates (subject to hydrolysis) is 2. The number of unbranched alkanes of at least 4 members (excludes halogenated alkanes) is 2. The van der Waals surface area contributed by atoms with Crippen LogP contribution in [0.2, 0.25) is 0 Å². The molecule has 0 saturated heterocycles. The van der Waals surface area contributed by atoms with Crippen LogP contribution in [-0.2, 0) is 31.9 Å². The first-order valence-electron chi connectivity index (χ1n) is 19.4. The number of aromatic nitrogens is 4. The molecule has 8 N–H and O–H groups in total. The van der Waals surface area contributed by atoms with E-state index in [0.29, 0.717) is 48.8 Å². The van der Waals surface area contributed by atoms with Gasteiger partial charge in [-0.3, -0.25) is 9.59 Å². The van der Waals surface area contributed by atoms with Crippen molar-refractivity contribution in [3.63, 3.8) is 0 Å². The Morgan fingerprint density at radius 2 is 1.33 bits per heavy atom. The minimum Gasteiger partial charge on any atom is -0.453 e. The smallest absolute Gasteiger partial charge is 0.407 e. The molecule has 1 aliphatic rings. The van der Waals surface area contributed by atoms with Gasteiger partial charge < -0.3 is 60.8 Å². The zero-order chi connectivity index (χ0) is 42.5. The second-order valence-electron chi connectivity index (χ2n) is 14.8. The summed E-state index contributed by atoms with van der Waals surface area (Å²) >= 11 is 0. The molecule has 0 aliphatic carbocycles. The van der Waals surface area contributed by atoms with E-state index in [9.17, 15) is 19.2 Å². The van der Waals surface area contributed by atoms with Crippen LogP contribution in [0.15, 0.2) is 48.3 Å². The Kier molecular flexibility index (Phi) is 16.0. The molecule has 2 atom stereocenters. The number of likely N-dealkylation sites (N-methyl/N-ethyl adjacent to an activating group) is 2. The number of amides is 4. The highest BCUT2D eigenvalue weighted by Gasteiger charge is 2.28. The SMILES string of the molecule is COC(=O)NC(C(=O)N(C)CCCCc1ncc(-c2ccc3c(c2)OC(N)=C(/C=C(\N)c2cnc(CCCCN(C)C(=O)[C@@H](NC(=O)OC)C(C)C)[nH]2)O3)[nH]1)C(C)C. The number of aryl methyl sites for hydroxylation is 2. The molecule has 4 rings (SSSR count). The molecule has 1 unspecified atom stereocenters. The van der Waals surface area contributed by atoms with E-state index in [1.807, 2.05) is 39.8 Å². The van der Waals surface area contributed by atoms with Crippen molar-refractivity contribution in [1.82, 2.24) is 40.4 Å². The molecule has 58 heavy (non-hydrogen) atoms. The van der Waals surface area contributed by atoms with Crippen molar-refractivity contribution in [1.29, 1.82) is 0 Å². The summed E-state index contributed by atoms with van der Waals surface area (Å²) in [6.07, 6.45) is 8.05. The average molecular weight is 807 g/mol. The van der Waals surface area contributed by atoms with Gasteiger partial charge in [-0.15, -0.1) is 0 Å². The average Bonchev–Trinajstić information content (AvgIpc) is 3.88. The molecule has 3 aromatic rings. The highest BCUT2D eigenvalue weighted by atomic mass is 16.6. The number of H-pyrrole nitrogens is 2. The Labute approximate surface area is 339 Å². The molecular weight excluding hydrogens is 749 g/mol. The van der Waals surface area contributed by atoms with E-state index >= 15 is 0 Å². The number of carbonyl (C=O) groups is 4. The maximum absolute atomic E-state index is 12.9. The van der Waals surface area contributed by atoms with Crippen molar-refractivity contribution >= 4 is 29.7 Å². The van der Waals surface area contributed by atoms with Crippen LogP contribution in [-0.4, -0.2) is 107 Å². The van der Waals surface area contributed by atoms with Crippen LogP contribution in [0.25, 0.3) is 17.0 Å². The first-order chi connectivity index (χ1) is 27.6. The highest BCUT2D eigenvalue weighted by Crippen LogP contribution is 2.38. The van der Waals surface area contributed by atoms with Crippen molar-refractivity contribution in [2.24, 2.45) is 23.3 Å². The standard InChI is InChI=1S/C40H58N10O8/c1-23(2)34(47-39(53)55-7)37(51)49(5)17-11-9-13-32-43-21-27(45-32)25-15-16-29-30(19-25)58-36(42)31(57-29)20-26(41)28-22-44-33(46-28)14-10-12-18-50(6)38(52)35(24(3)4)48-40(54)56-8/h15-16,19-24,34-35H,9-14,17-18,41-42H2,1-8H3,(H,43,45)(H,44,46)(H,47,53)(H,48,54)/b26-20-/t34?,35-/m0/s1. The van der Waals surface area contributed by atoms with Crippen molar-refractivity contribution in [2.45, 2.75) is 78.3 Å². The number of nitrogens with zero attached hydrogens (tertiary/aromatic N) is 4. The normalized spacial score (nSPS) is 13.6. The van der Waals surface area contributed by atoms with Crippen LogP contribution >= 0.6 is 0 Å². The van der Waals surface area contributed by atoms with Crippen LogP contribution in [0.5, 0.6) is 11.5 Å². The molecule has 0 radical (unpaired) electrons. The number of benzene rings is 1. The Bertz CT molecular complexity index is 1950. The third-order valence-corrected chi connectivity index (χ3v) is 9.64. The zero-order valence-corrected chi connectivity index (χ0v) is 34.6. The molecule has 316 valence electrons. The van der Waals surface area contributed by atoms with Crippen LogP contribution in [0.4, 0.5) is 9.59 Å². The van der Waals surface area contributed by atoms with Crippen LogP contribution in [0.3, 0.4) is 0 Å². The maximum atomic E-state index is 12.9. The van der Waals surface area contributed by atoms with E-state index in [1.54, 1.807) is 48.4 Å². The number of hydrogen-bond donors (Lipinski definition) is 6. The van der Waals surface area contributed by atoms with Gasteiger partial charge in [0.05, 0.1) is 43.7 Å². The number of carbonyl (C=O) groups excluding carboxylic acids is 4. The minimum absolute atomic E-state index is 0.0436. The van der Waals surface area contributed by atoms with Gasteiger partial charge in [0.1, 0.15) is 23.7 Å². The van der Waals surface area contributed by atoms with Gasteiger partial charge in [0.15, 0.2) is 17.3 Å². The van der Waals surface area contributed by atoms with Crippen LogP contribution in [0.1, 0.15) is 70.7 Å². The second-order valence-corrected chi connectivity index (χ2v) is 14.8. The van der Waals surface area contributed by atoms with Gasteiger partial charge in [-0.2, -0.15) is 0 Å². The first kappa shape index (κ1) is 44.5. The summed E-state index contributed by atoms with van der Waals surface area (Å²) in [5, 5.41) is 5.23. The number of imidazole rings is 2. The molecule has 1 aliphatic heterocycles. The van der Waals surface area contributed by atoms with Crippen molar-refractivity contribution < 1.29 is 38.1 Å². The predicted octanol–water partition coefficient (Wildman–Crippen LogP) is 4.02. The Hall–Kier alpha value is -6.20. The van der Waals surface area contributed by atoms with E-state index in [1.165, 1.54) is 14.2 Å². The number of rotatable bonds is 19. The summed E-state index contributed by atoms with van der Waals surface area (Å²) < 4.78 is 21.3. The number of aromatic amines is 2. The summed E-state index contributed by atoms with van der Waals surface area (Å²) in [7, 11) is 5.98. The highest BCUT2D eigenvalue weighted by molar-refractivity contribution is 5.86. The van der Waals surface area contributed by atoms with Gasteiger partial charge in [0, 0.05) is 51.7 Å². The van der Waals surface area contributed by atoms with Crippen LogP contribution in [0, 0.1) is 11.8 Å². The lowest BCUT2D eigenvalue weighted by molar-refractivity contribution is -0.133. The van der Waals surface area contributed by atoms with Gasteiger partial charge in [-0.1, -0.05) is 27.7 Å². The number of allylic oxidation sites excluding steroid dienone is 1. The number of fused-ring (bicyclic) bond motifs is 1. The summed E-state index contributed by atoms with van der Waals surface area (Å²) in [5.74, 6) is 2.22. The molecule has 0 fully saturated rings. The topological polar surface area (TPSA) is 245 Å². The van der Waals surface area contributed by atoms with Crippen molar-refractivity contribution in [3.8, 4) is 22.8 Å². The van der Waals surface area contributed by atoms with Gasteiger partial charge in [0.2, 0.25) is 17.7 Å². The van der Waals surface area contributed by atoms with Gasteiger partial charge in [-0.25, -0.2) is 19.6 Å². The largest absolute Gasteiger partial charge is 0.453 e. The van der Waals surface area contributed by atoms with Gasteiger partial charge in [0.25, 0.3) is 0 Å². The molecule has 3 heterocycles. The molecule has 4 amide bonds. The summed E-state index contributed by atoms with van der Waals surface area (Å²) in [6, 6.07) is 4.15. The number of ether oxygens (including phenoxy) is 4. The van der Waals surface area contributed by atoms with Crippen molar-refractivity contribution in [3.05, 3.63) is 65.7 Å². The fourth-order valence-electron chi connectivity index (χ4n) is 6.15. The second kappa shape index (κ2) is 20.8. The third kappa shape index (κ3) is 12.1. The zero-order valence-electron chi connectivity index (χ0n) is 34.6. The Morgan fingerprint density at radius 1 is 0.793 bits per heavy atom. The molecule has 0 saturated carbocycles. The van der Waals surface area contributed by atoms with Crippen LogP contribution < -0.4 is 31.6 Å². The predicted molar refractivity (Wildman–Crippen MR) is 217 cm³/mol.